The monoisotopic (exact) mass is 189 g/mol. The number of hydrogen-bond donors (Lipinski definition) is 0. The number of nitrogens with zero attached hydrogens (tertiary/aromatic N) is 1. The van der Waals surface area contributed by atoms with Crippen molar-refractivity contribution in [3.05, 3.63) is 23.8 Å². The largest absolute Gasteiger partial charge is 0.486 e. The first kappa shape index (κ1) is 10.8. The fourth-order valence-corrected chi connectivity index (χ4v) is 0.674. The van der Waals surface area contributed by atoms with Crippen molar-refractivity contribution in [1.29, 1.82) is 0 Å². The summed E-state index contributed by atoms with van der Waals surface area (Å²) in [6.07, 6.45) is 7.37. The molecule has 0 radical (unpaired) electrons. The Balaban J connectivity index is 3.91. The van der Waals surface area contributed by atoms with Crippen LogP contribution in [0.4, 0.5) is 0 Å². The highest BCUT2D eigenvalue weighted by Crippen LogP contribution is 1.96. The molecule has 0 aromatic heterocycles. The molecule has 0 aliphatic rings. The average Bonchev–Trinajstić information content (AvgIpc) is 1.87. The van der Waals surface area contributed by atoms with Crippen molar-refractivity contribution < 1.29 is 0 Å². The predicted octanol–water partition coefficient (Wildman–Crippen LogP) is 3.04. The normalized spacial score (nSPS) is 13.3. The van der Waals surface area contributed by atoms with Crippen molar-refractivity contribution in [2.75, 3.05) is 0 Å². The van der Waals surface area contributed by atoms with Gasteiger partial charge in [0.05, 0.1) is 0 Å². The van der Waals surface area contributed by atoms with E-state index in [2.05, 4.69) is 4.90 Å². The first-order valence-corrected chi connectivity index (χ1v) is 4.15. The first-order valence-electron chi connectivity index (χ1n) is 3.27. The molecule has 0 aliphatic carbocycles. The van der Waals surface area contributed by atoms with E-state index in [0.29, 0.717) is 0 Å². The fraction of sp³-hybridized carbons (Fsp3) is 0.286. The van der Waals surface area contributed by atoms with E-state index in [-0.39, 0.29) is 0 Å². The Morgan fingerprint density at radius 2 is 2.09 bits per heavy atom. The molecule has 0 bridgehead atoms. The molecule has 0 heterocycles. The molecule has 0 aromatic carbocycles. The van der Waals surface area contributed by atoms with Gasteiger partial charge in [0.1, 0.15) is 0 Å². The van der Waals surface area contributed by atoms with Gasteiger partial charge in [-0.2, -0.15) is 0 Å². The summed E-state index contributed by atoms with van der Waals surface area (Å²) >= 11 is 10.7. The smallest absolute Gasteiger partial charge is 0.313 e. The van der Waals surface area contributed by atoms with Gasteiger partial charge in [0.15, 0.2) is 0 Å². The number of rotatable bonds is 3. The molecular weight excluding hydrogens is 180 g/mol. The average molecular weight is 190 g/mol. The Bertz CT molecular complexity index is 185. The maximum Gasteiger partial charge on any atom is 0.486 e. The van der Waals surface area contributed by atoms with Crippen LogP contribution in [0.2, 0.25) is 0 Å². The number of hydrogen-bond acceptors (Lipinski definition) is 1. The topological polar surface area (TPSA) is 12.4 Å². The van der Waals surface area contributed by atoms with Crippen molar-refractivity contribution in [2.24, 2.45) is 4.90 Å². The summed E-state index contributed by atoms with van der Waals surface area (Å²) in [5, 5.41) is 0. The minimum absolute atomic E-state index is 0.662. The van der Waals surface area contributed by atoms with E-state index in [4.69, 9.17) is 22.9 Å². The molecule has 60 valence electrons. The van der Waals surface area contributed by atoms with E-state index in [9.17, 15) is 0 Å². The Morgan fingerprint density at radius 1 is 1.45 bits per heavy atom. The van der Waals surface area contributed by atoms with E-state index < -0.39 is 5.68 Å². The van der Waals surface area contributed by atoms with Gasteiger partial charge in [-0.15, -0.1) is 22.9 Å². The van der Waals surface area contributed by atoms with Gasteiger partial charge in [-0.3, -0.25) is 0 Å². The van der Waals surface area contributed by atoms with Crippen LogP contribution in [0.15, 0.2) is 28.7 Å². The Morgan fingerprint density at radius 3 is 2.55 bits per heavy atom. The SMILES string of the molecule is C/C=C\C(C)=C/C=NB(Cl)Cl. The lowest BCUT2D eigenvalue weighted by atomic mass is 10.2. The van der Waals surface area contributed by atoms with E-state index in [1.807, 2.05) is 32.1 Å². The van der Waals surface area contributed by atoms with Crippen molar-refractivity contribution in [2.45, 2.75) is 13.8 Å². The van der Waals surface area contributed by atoms with Crippen molar-refractivity contribution in [3.8, 4) is 0 Å². The maximum atomic E-state index is 5.36. The molecular formula is C7H10BCl2N. The molecule has 0 rings (SSSR count). The molecule has 1 nitrogen and oxygen atoms in total. The molecule has 0 aromatic rings. The highest BCUT2D eigenvalue weighted by atomic mass is 35.5. The zero-order chi connectivity index (χ0) is 8.69. The molecule has 0 fully saturated rings. The van der Waals surface area contributed by atoms with E-state index in [1.165, 1.54) is 0 Å². The van der Waals surface area contributed by atoms with Crippen molar-refractivity contribution >= 4 is 34.8 Å². The van der Waals surface area contributed by atoms with Crippen LogP contribution in [0, 0.1) is 0 Å². The quantitative estimate of drug-likeness (QED) is 0.368. The lowest BCUT2D eigenvalue weighted by Crippen LogP contribution is -1.85. The zero-order valence-electron chi connectivity index (χ0n) is 6.59. The van der Waals surface area contributed by atoms with E-state index >= 15 is 0 Å². The predicted molar refractivity (Wildman–Crippen MR) is 54.5 cm³/mol. The van der Waals surface area contributed by atoms with Crippen LogP contribution in [0.1, 0.15) is 13.8 Å². The van der Waals surface area contributed by atoms with Gasteiger partial charge in [-0.25, -0.2) is 0 Å². The van der Waals surface area contributed by atoms with Crippen LogP contribution >= 0.6 is 22.9 Å². The summed E-state index contributed by atoms with van der Waals surface area (Å²) < 4.78 is 0. The highest BCUT2D eigenvalue weighted by Gasteiger charge is 1.97. The second-order valence-electron chi connectivity index (χ2n) is 1.99. The van der Waals surface area contributed by atoms with Crippen LogP contribution in [0.3, 0.4) is 0 Å². The van der Waals surface area contributed by atoms with E-state index in [0.717, 1.165) is 5.57 Å². The molecule has 0 spiro atoms. The van der Waals surface area contributed by atoms with Crippen LogP contribution in [-0.2, 0) is 0 Å². The third-order valence-electron chi connectivity index (χ3n) is 0.966. The fourth-order valence-electron chi connectivity index (χ4n) is 0.544. The Kier molecular flexibility index (Phi) is 6.38. The third kappa shape index (κ3) is 7.69. The van der Waals surface area contributed by atoms with Crippen LogP contribution < -0.4 is 0 Å². The van der Waals surface area contributed by atoms with Gasteiger partial charge in [-0.1, -0.05) is 17.7 Å². The lowest BCUT2D eigenvalue weighted by Gasteiger charge is -1.86. The molecule has 0 N–H and O–H groups in total. The summed E-state index contributed by atoms with van der Waals surface area (Å²) in [6, 6.07) is 0. The second-order valence-corrected chi connectivity index (χ2v) is 3.04. The highest BCUT2D eigenvalue weighted by molar-refractivity contribution is 7.33. The molecule has 0 amide bonds. The van der Waals surface area contributed by atoms with Gasteiger partial charge in [0.25, 0.3) is 0 Å². The Hall–Kier alpha value is -0.205. The van der Waals surface area contributed by atoms with Crippen LogP contribution in [0.5, 0.6) is 0 Å². The van der Waals surface area contributed by atoms with Gasteiger partial charge >= 0.3 is 5.68 Å². The van der Waals surface area contributed by atoms with Crippen molar-refractivity contribution in [1.82, 2.24) is 0 Å². The zero-order valence-corrected chi connectivity index (χ0v) is 8.10. The molecule has 0 aliphatic heterocycles. The lowest BCUT2D eigenvalue weighted by molar-refractivity contribution is 1.52. The molecule has 4 heteroatoms. The summed E-state index contributed by atoms with van der Waals surface area (Å²) in [5.74, 6) is 0. The van der Waals surface area contributed by atoms with Gasteiger partial charge in [-0.05, 0) is 19.9 Å². The van der Waals surface area contributed by atoms with Crippen LogP contribution in [-0.4, -0.2) is 11.9 Å². The first-order chi connectivity index (χ1) is 5.16. The van der Waals surface area contributed by atoms with Crippen LogP contribution in [0.25, 0.3) is 0 Å². The second kappa shape index (κ2) is 6.50. The van der Waals surface area contributed by atoms with Gasteiger partial charge in [0, 0.05) is 6.21 Å². The molecule has 0 unspecified atom stereocenters. The third-order valence-corrected chi connectivity index (χ3v) is 1.19. The molecule has 11 heavy (non-hydrogen) atoms. The summed E-state index contributed by atoms with van der Waals surface area (Å²) in [7, 11) is 0. The van der Waals surface area contributed by atoms with Gasteiger partial charge in [0.2, 0.25) is 0 Å². The summed E-state index contributed by atoms with van der Waals surface area (Å²) in [6.45, 7) is 3.93. The number of allylic oxidation sites excluding steroid dienone is 4. The Labute approximate surface area is 77.7 Å². The molecule has 0 saturated heterocycles. The molecule has 0 atom stereocenters. The van der Waals surface area contributed by atoms with E-state index in [1.54, 1.807) is 6.21 Å². The minimum atomic E-state index is -0.662. The number of halogens is 2. The minimum Gasteiger partial charge on any atom is -0.313 e. The van der Waals surface area contributed by atoms with Gasteiger partial charge < -0.3 is 4.90 Å². The van der Waals surface area contributed by atoms with Crippen molar-refractivity contribution in [3.63, 3.8) is 0 Å². The maximum absolute atomic E-state index is 5.36. The summed E-state index contributed by atoms with van der Waals surface area (Å²) in [4.78, 5) is 3.74. The molecule has 0 saturated carbocycles. The summed E-state index contributed by atoms with van der Waals surface area (Å²) in [5.41, 5.74) is 0.454. The standard InChI is InChI=1S/C7H10BCl2N/c1-3-4-7(2)5-6-11-8(9)10/h3-6H,1-2H3/b4-3-,7-5-,11-6?.